The maximum atomic E-state index is 5.78. The van der Waals surface area contributed by atoms with Gasteiger partial charge in [-0.05, 0) is 38.5 Å². The summed E-state index contributed by atoms with van der Waals surface area (Å²) < 4.78 is 2.00. The van der Waals surface area contributed by atoms with Gasteiger partial charge in [-0.15, -0.1) is 0 Å². The normalized spacial score (nSPS) is 25.7. The quantitative estimate of drug-likeness (QED) is 0.631. The molecule has 19 heavy (non-hydrogen) atoms. The number of rotatable bonds is 5. The molecule has 1 fully saturated rings. The number of aromatic nitrogens is 3. The first-order chi connectivity index (χ1) is 9.11. The Morgan fingerprint density at radius 3 is 2.89 bits per heavy atom. The third-order valence-electron chi connectivity index (χ3n) is 4.30. The van der Waals surface area contributed by atoms with Crippen LogP contribution in [0.3, 0.4) is 0 Å². The van der Waals surface area contributed by atoms with E-state index in [4.69, 9.17) is 5.84 Å². The van der Waals surface area contributed by atoms with Crippen LogP contribution in [0.2, 0.25) is 0 Å². The third kappa shape index (κ3) is 3.54. The molecule has 0 spiro atoms. The highest BCUT2D eigenvalue weighted by molar-refractivity contribution is 4.94. The standard InChI is InChI=1S/C14H27N5/c1-10(2)19-14(16-9-17-19)8-13(18-15)12-6-4-5-11(3)7-12/h9-13,18H,4-8,15H2,1-3H3. The van der Waals surface area contributed by atoms with Crippen molar-refractivity contribution in [2.45, 2.75) is 65.0 Å². The van der Waals surface area contributed by atoms with Crippen LogP contribution >= 0.6 is 0 Å². The minimum Gasteiger partial charge on any atom is -0.271 e. The van der Waals surface area contributed by atoms with E-state index in [2.05, 4.69) is 36.3 Å². The Hall–Kier alpha value is -0.940. The molecule has 1 aromatic rings. The molecule has 2 rings (SSSR count). The average molecular weight is 265 g/mol. The van der Waals surface area contributed by atoms with E-state index >= 15 is 0 Å². The Morgan fingerprint density at radius 1 is 1.47 bits per heavy atom. The highest BCUT2D eigenvalue weighted by atomic mass is 15.3. The van der Waals surface area contributed by atoms with Crippen molar-refractivity contribution in [1.29, 1.82) is 0 Å². The van der Waals surface area contributed by atoms with Crippen LogP contribution in [-0.2, 0) is 6.42 Å². The Kier molecular flexibility index (Phi) is 4.93. The fraction of sp³-hybridized carbons (Fsp3) is 0.857. The zero-order valence-corrected chi connectivity index (χ0v) is 12.3. The second-order valence-electron chi connectivity index (χ2n) is 6.22. The van der Waals surface area contributed by atoms with Gasteiger partial charge in [0.05, 0.1) is 0 Å². The smallest absolute Gasteiger partial charge is 0.138 e. The molecule has 1 aromatic heterocycles. The molecule has 108 valence electrons. The third-order valence-corrected chi connectivity index (χ3v) is 4.30. The van der Waals surface area contributed by atoms with E-state index in [0.29, 0.717) is 18.0 Å². The molecule has 3 atom stereocenters. The zero-order valence-electron chi connectivity index (χ0n) is 12.3. The van der Waals surface area contributed by atoms with Gasteiger partial charge in [-0.3, -0.25) is 11.3 Å². The molecular weight excluding hydrogens is 238 g/mol. The van der Waals surface area contributed by atoms with Crippen LogP contribution in [0.5, 0.6) is 0 Å². The van der Waals surface area contributed by atoms with Crippen LogP contribution in [0.15, 0.2) is 6.33 Å². The fourth-order valence-electron chi connectivity index (χ4n) is 3.26. The zero-order chi connectivity index (χ0) is 13.8. The molecule has 5 nitrogen and oxygen atoms in total. The molecule has 0 saturated heterocycles. The minimum atomic E-state index is 0.310. The summed E-state index contributed by atoms with van der Waals surface area (Å²) in [6, 6.07) is 0.658. The lowest BCUT2D eigenvalue weighted by atomic mass is 9.78. The number of hydrogen-bond donors (Lipinski definition) is 2. The molecule has 1 heterocycles. The van der Waals surface area contributed by atoms with Crippen molar-refractivity contribution >= 4 is 0 Å². The van der Waals surface area contributed by atoms with Gasteiger partial charge in [0.15, 0.2) is 0 Å². The topological polar surface area (TPSA) is 68.8 Å². The lowest BCUT2D eigenvalue weighted by Gasteiger charge is -2.32. The van der Waals surface area contributed by atoms with Gasteiger partial charge in [0, 0.05) is 18.5 Å². The first-order valence-corrected chi connectivity index (χ1v) is 7.46. The van der Waals surface area contributed by atoms with Gasteiger partial charge in [-0.1, -0.05) is 19.8 Å². The molecule has 1 aliphatic rings. The van der Waals surface area contributed by atoms with Crippen LogP contribution in [0.4, 0.5) is 0 Å². The van der Waals surface area contributed by atoms with Crippen LogP contribution in [0, 0.1) is 11.8 Å². The van der Waals surface area contributed by atoms with E-state index in [-0.39, 0.29) is 0 Å². The van der Waals surface area contributed by atoms with Crippen molar-refractivity contribution in [3.63, 3.8) is 0 Å². The van der Waals surface area contributed by atoms with Crippen molar-refractivity contribution in [3.8, 4) is 0 Å². The Morgan fingerprint density at radius 2 is 2.26 bits per heavy atom. The Labute approximate surface area is 115 Å². The second kappa shape index (κ2) is 6.48. The molecule has 1 aliphatic carbocycles. The van der Waals surface area contributed by atoms with Crippen LogP contribution in [0.1, 0.15) is 58.3 Å². The molecule has 1 saturated carbocycles. The maximum absolute atomic E-state index is 5.78. The van der Waals surface area contributed by atoms with E-state index in [1.807, 2.05) is 4.68 Å². The van der Waals surface area contributed by atoms with Crippen LogP contribution < -0.4 is 11.3 Å². The first kappa shape index (κ1) is 14.5. The lowest BCUT2D eigenvalue weighted by molar-refractivity contribution is 0.218. The highest BCUT2D eigenvalue weighted by Crippen LogP contribution is 2.31. The van der Waals surface area contributed by atoms with Gasteiger partial charge in [-0.25, -0.2) is 9.67 Å². The number of nitrogens with two attached hydrogens (primary N) is 1. The predicted octanol–water partition coefficient (Wildman–Crippen LogP) is 2.06. The SMILES string of the molecule is CC1CCCC(C(Cc2ncnn2C(C)C)NN)C1. The average Bonchev–Trinajstić information content (AvgIpc) is 2.84. The van der Waals surface area contributed by atoms with Crippen molar-refractivity contribution < 1.29 is 0 Å². The monoisotopic (exact) mass is 265 g/mol. The summed E-state index contributed by atoms with van der Waals surface area (Å²) in [7, 11) is 0. The van der Waals surface area contributed by atoms with Crippen molar-refractivity contribution in [1.82, 2.24) is 20.2 Å². The molecule has 3 unspecified atom stereocenters. The van der Waals surface area contributed by atoms with Crippen LogP contribution in [-0.4, -0.2) is 20.8 Å². The number of nitrogens with one attached hydrogen (secondary N) is 1. The Bertz CT molecular complexity index is 387. The molecule has 0 bridgehead atoms. The van der Waals surface area contributed by atoms with Crippen molar-refractivity contribution in [2.24, 2.45) is 17.7 Å². The van der Waals surface area contributed by atoms with Gasteiger partial charge in [0.25, 0.3) is 0 Å². The minimum absolute atomic E-state index is 0.310. The molecule has 3 N–H and O–H groups in total. The summed E-state index contributed by atoms with van der Waals surface area (Å²) in [5.41, 5.74) is 3.02. The van der Waals surface area contributed by atoms with Crippen molar-refractivity contribution in [3.05, 3.63) is 12.2 Å². The molecule has 0 amide bonds. The number of hydrogen-bond acceptors (Lipinski definition) is 4. The summed E-state index contributed by atoms with van der Waals surface area (Å²) in [5.74, 6) is 8.30. The van der Waals surface area contributed by atoms with Gasteiger partial charge in [-0.2, -0.15) is 5.10 Å². The predicted molar refractivity (Wildman–Crippen MR) is 76.3 cm³/mol. The van der Waals surface area contributed by atoms with E-state index < -0.39 is 0 Å². The number of nitrogens with zero attached hydrogens (tertiary/aromatic N) is 3. The van der Waals surface area contributed by atoms with Crippen molar-refractivity contribution in [2.75, 3.05) is 0 Å². The van der Waals surface area contributed by atoms with Gasteiger partial charge in [0.2, 0.25) is 0 Å². The van der Waals surface area contributed by atoms with E-state index in [1.165, 1.54) is 25.7 Å². The van der Waals surface area contributed by atoms with E-state index in [0.717, 1.165) is 18.2 Å². The van der Waals surface area contributed by atoms with E-state index in [1.54, 1.807) is 6.33 Å². The summed E-state index contributed by atoms with van der Waals surface area (Å²) in [5, 5.41) is 4.30. The Balaban J connectivity index is 2.04. The summed E-state index contributed by atoms with van der Waals surface area (Å²) >= 11 is 0. The fourth-order valence-corrected chi connectivity index (χ4v) is 3.26. The summed E-state index contributed by atoms with van der Waals surface area (Å²) in [4.78, 5) is 4.40. The van der Waals surface area contributed by atoms with Gasteiger partial charge < -0.3 is 0 Å². The summed E-state index contributed by atoms with van der Waals surface area (Å²) in [6.07, 6.45) is 7.73. The first-order valence-electron chi connectivity index (χ1n) is 7.46. The van der Waals surface area contributed by atoms with Crippen LogP contribution in [0.25, 0.3) is 0 Å². The molecule has 0 aliphatic heterocycles. The largest absolute Gasteiger partial charge is 0.271 e. The molecular formula is C14H27N5. The lowest BCUT2D eigenvalue weighted by Crippen LogP contribution is -2.44. The summed E-state index contributed by atoms with van der Waals surface area (Å²) in [6.45, 7) is 6.61. The number of hydrazine groups is 1. The highest BCUT2D eigenvalue weighted by Gasteiger charge is 2.27. The second-order valence-corrected chi connectivity index (χ2v) is 6.22. The molecule has 5 heteroatoms. The molecule has 0 aromatic carbocycles. The van der Waals surface area contributed by atoms with Gasteiger partial charge >= 0.3 is 0 Å². The van der Waals surface area contributed by atoms with E-state index in [9.17, 15) is 0 Å². The van der Waals surface area contributed by atoms with Gasteiger partial charge in [0.1, 0.15) is 12.2 Å². The molecule has 0 radical (unpaired) electrons. The maximum Gasteiger partial charge on any atom is 0.138 e.